The quantitative estimate of drug-likeness (QED) is 0.821. The molecule has 0 bridgehead atoms. The molecule has 1 rings (SSSR count). The van der Waals surface area contributed by atoms with Crippen molar-refractivity contribution in [2.75, 3.05) is 13.6 Å². The molecule has 0 spiro atoms. The van der Waals surface area contributed by atoms with Crippen LogP contribution in [0.5, 0.6) is 0 Å². The summed E-state index contributed by atoms with van der Waals surface area (Å²) >= 11 is 0. The number of benzene rings is 1. The van der Waals surface area contributed by atoms with Crippen molar-refractivity contribution in [2.45, 2.75) is 45.6 Å². The standard InChI is InChI=1S/C16H25NO2/c1-12(2)15-7-5-14(6-8-15)9-10-17(4)13(3)11-16(18)19/h5-8,12-13H,9-11H2,1-4H3,(H,18,19). The lowest BCUT2D eigenvalue weighted by atomic mass is 10.0. The molecule has 0 radical (unpaired) electrons. The first-order chi connectivity index (χ1) is 8.90. The Morgan fingerprint density at radius 1 is 1.21 bits per heavy atom. The van der Waals surface area contributed by atoms with E-state index >= 15 is 0 Å². The van der Waals surface area contributed by atoms with E-state index in [1.807, 2.05) is 14.0 Å². The molecular formula is C16H25NO2. The first kappa shape index (κ1) is 15.7. The van der Waals surface area contributed by atoms with E-state index in [9.17, 15) is 4.79 Å². The third kappa shape index (κ3) is 5.43. The SMILES string of the molecule is CC(C)c1ccc(CCN(C)C(C)CC(=O)O)cc1. The number of aliphatic carboxylic acids is 1. The number of rotatable bonds is 7. The molecule has 0 aliphatic rings. The Labute approximate surface area is 116 Å². The molecule has 3 nitrogen and oxygen atoms in total. The van der Waals surface area contributed by atoms with Gasteiger partial charge in [0.25, 0.3) is 0 Å². The van der Waals surface area contributed by atoms with Crippen LogP contribution in [-0.2, 0) is 11.2 Å². The molecule has 19 heavy (non-hydrogen) atoms. The summed E-state index contributed by atoms with van der Waals surface area (Å²) in [7, 11) is 1.98. The summed E-state index contributed by atoms with van der Waals surface area (Å²) in [5, 5.41) is 8.77. The van der Waals surface area contributed by atoms with Crippen molar-refractivity contribution >= 4 is 5.97 Å². The zero-order valence-corrected chi connectivity index (χ0v) is 12.4. The predicted octanol–water partition coefficient (Wildman–Crippen LogP) is 3.15. The molecule has 0 aliphatic carbocycles. The Morgan fingerprint density at radius 2 is 1.79 bits per heavy atom. The van der Waals surface area contributed by atoms with Gasteiger partial charge in [0.1, 0.15) is 0 Å². The minimum absolute atomic E-state index is 0.0763. The summed E-state index contributed by atoms with van der Waals surface area (Å²) in [6.45, 7) is 7.22. The van der Waals surface area contributed by atoms with Crippen molar-refractivity contribution in [3.05, 3.63) is 35.4 Å². The van der Waals surface area contributed by atoms with Crippen LogP contribution in [-0.4, -0.2) is 35.6 Å². The van der Waals surface area contributed by atoms with E-state index in [0.717, 1.165) is 13.0 Å². The van der Waals surface area contributed by atoms with Crippen LogP contribution in [0.15, 0.2) is 24.3 Å². The molecule has 0 saturated heterocycles. The molecule has 1 N–H and O–H groups in total. The molecule has 106 valence electrons. The van der Waals surface area contributed by atoms with Crippen LogP contribution >= 0.6 is 0 Å². The van der Waals surface area contributed by atoms with Gasteiger partial charge in [-0.1, -0.05) is 38.1 Å². The molecule has 0 fully saturated rings. The maximum absolute atomic E-state index is 10.7. The van der Waals surface area contributed by atoms with Crippen LogP contribution in [0.25, 0.3) is 0 Å². The Morgan fingerprint density at radius 3 is 2.26 bits per heavy atom. The molecule has 0 amide bonds. The fraction of sp³-hybridized carbons (Fsp3) is 0.562. The van der Waals surface area contributed by atoms with Crippen LogP contribution in [0.1, 0.15) is 44.2 Å². The normalized spacial score (nSPS) is 12.9. The smallest absolute Gasteiger partial charge is 0.304 e. The maximum atomic E-state index is 10.7. The molecule has 1 aromatic rings. The Kier molecular flexibility index (Phi) is 6.03. The Balaban J connectivity index is 2.45. The number of likely N-dealkylation sites (N-methyl/N-ethyl adjacent to an activating group) is 1. The van der Waals surface area contributed by atoms with Gasteiger partial charge in [-0.3, -0.25) is 4.79 Å². The number of carboxylic acid groups (broad SMARTS) is 1. The van der Waals surface area contributed by atoms with Crippen molar-refractivity contribution in [2.24, 2.45) is 0 Å². The van der Waals surface area contributed by atoms with E-state index in [4.69, 9.17) is 5.11 Å². The summed E-state index contributed by atoms with van der Waals surface area (Å²) in [6.07, 6.45) is 1.15. The zero-order chi connectivity index (χ0) is 14.4. The van der Waals surface area contributed by atoms with E-state index in [-0.39, 0.29) is 12.5 Å². The summed E-state index contributed by atoms with van der Waals surface area (Å²) < 4.78 is 0. The Hall–Kier alpha value is -1.35. The lowest BCUT2D eigenvalue weighted by Gasteiger charge is -2.23. The molecule has 1 aromatic carbocycles. The van der Waals surface area contributed by atoms with Crippen molar-refractivity contribution in [1.82, 2.24) is 4.90 Å². The topological polar surface area (TPSA) is 40.5 Å². The van der Waals surface area contributed by atoms with Gasteiger partial charge >= 0.3 is 5.97 Å². The largest absolute Gasteiger partial charge is 0.481 e. The average molecular weight is 263 g/mol. The highest BCUT2D eigenvalue weighted by molar-refractivity contribution is 5.67. The van der Waals surface area contributed by atoms with Crippen molar-refractivity contribution in [1.29, 1.82) is 0 Å². The highest BCUT2D eigenvalue weighted by Gasteiger charge is 2.12. The van der Waals surface area contributed by atoms with Crippen molar-refractivity contribution < 1.29 is 9.90 Å². The lowest BCUT2D eigenvalue weighted by Crippen LogP contribution is -2.32. The number of nitrogens with zero attached hydrogens (tertiary/aromatic N) is 1. The summed E-state index contributed by atoms with van der Waals surface area (Å²) in [5.74, 6) is -0.173. The number of hydrogen-bond acceptors (Lipinski definition) is 2. The first-order valence-electron chi connectivity index (χ1n) is 6.91. The van der Waals surface area contributed by atoms with Crippen LogP contribution in [0, 0.1) is 0 Å². The van der Waals surface area contributed by atoms with E-state index < -0.39 is 5.97 Å². The molecule has 0 aromatic heterocycles. The van der Waals surface area contributed by atoms with Gasteiger partial charge in [-0.05, 0) is 37.4 Å². The molecule has 0 saturated carbocycles. The highest BCUT2D eigenvalue weighted by atomic mass is 16.4. The third-order valence-electron chi connectivity index (χ3n) is 3.62. The number of hydrogen-bond donors (Lipinski definition) is 1. The van der Waals surface area contributed by atoms with Gasteiger partial charge in [-0.25, -0.2) is 0 Å². The average Bonchev–Trinajstić information content (AvgIpc) is 2.35. The Bertz CT molecular complexity index is 398. The summed E-state index contributed by atoms with van der Waals surface area (Å²) in [5.41, 5.74) is 2.66. The maximum Gasteiger partial charge on any atom is 0.304 e. The molecule has 1 atom stereocenters. The van der Waals surface area contributed by atoms with Gasteiger partial charge in [0.05, 0.1) is 6.42 Å². The second-order valence-corrected chi connectivity index (χ2v) is 5.57. The summed E-state index contributed by atoms with van der Waals surface area (Å²) in [4.78, 5) is 12.8. The van der Waals surface area contributed by atoms with Crippen LogP contribution < -0.4 is 0 Å². The minimum atomic E-state index is -0.736. The predicted molar refractivity (Wildman–Crippen MR) is 78.6 cm³/mol. The monoisotopic (exact) mass is 263 g/mol. The number of carboxylic acids is 1. The zero-order valence-electron chi connectivity index (χ0n) is 12.4. The molecule has 1 unspecified atom stereocenters. The molecule has 3 heteroatoms. The van der Waals surface area contributed by atoms with Crippen LogP contribution in [0.3, 0.4) is 0 Å². The fourth-order valence-electron chi connectivity index (χ4n) is 2.00. The van der Waals surface area contributed by atoms with Crippen molar-refractivity contribution in [3.63, 3.8) is 0 Å². The van der Waals surface area contributed by atoms with Crippen LogP contribution in [0.2, 0.25) is 0 Å². The van der Waals surface area contributed by atoms with Crippen molar-refractivity contribution in [3.8, 4) is 0 Å². The van der Waals surface area contributed by atoms with E-state index in [0.29, 0.717) is 5.92 Å². The molecule has 0 heterocycles. The van der Waals surface area contributed by atoms with Gasteiger partial charge in [0, 0.05) is 12.6 Å². The first-order valence-corrected chi connectivity index (χ1v) is 6.91. The molecule has 0 aliphatic heterocycles. The van der Waals surface area contributed by atoms with Gasteiger partial charge in [-0.15, -0.1) is 0 Å². The fourth-order valence-corrected chi connectivity index (χ4v) is 2.00. The minimum Gasteiger partial charge on any atom is -0.481 e. The van der Waals surface area contributed by atoms with Gasteiger partial charge in [0.15, 0.2) is 0 Å². The lowest BCUT2D eigenvalue weighted by molar-refractivity contribution is -0.138. The van der Waals surface area contributed by atoms with Gasteiger partial charge in [-0.2, -0.15) is 0 Å². The van der Waals surface area contributed by atoms with E-state index in [2.05, 4.69) is 43.0 Å². The number of carbonyl (C=O) groups is 1. The van der Waals surface area contributed by atoms with E-state index in [1.54, 1.807) is 0 Å². The molecular weight excluding hydrogens is 238 g/mol. The second-order valence-electron chi connectivity index (χ2n) is 5.57. The van der Waals surface area contributed by atoms with Gasteiger partial charge in [0.2, 0.25) is 0 Å². The summed E-state index contributed by atoms with van der Waals surface area (Å²) in [6, 6.07) is 8.78. The van der Waals surface area contributed by atoms with E-state index in [1.165, 1.54) is 11.1 Å². The third-order valence-corrected chi connectivity index (χ3v) is 3.62. The van der Waals surface area contributed by atoms with Gasteiger partial charge < -0.3 is 10.0 Å². The van der Waals surface area contributed by atoms with Crippen LogP contribution in [0.4, 0.5) is 0 Å². The highest BCUT2D eigenvalue weighted by Crippen LogP contribution is 2.15. The second kappa shape index (κ2) is 7.29.